The van der Waals surface area contributed by atoms with Crippen molar-refractivity contribution in [2.75, 3.05) is 0 Å². The molecule has 1 aliphatic carbocycles. The maximum absolute atomic E-state index is 11.8. The number of hydrogen-bond acceptors (Lipinski definition) is 5. The zero-order valence-electron chi connectivity index (χ0n) is 9.63. The topological polar surface area (TPSA) is 101 Å². The van der Waals surface area contributed by atoms with Gasteiger partial charge in [0.25, 0.3) is 0 Å². The van der Waals surface area contributed by atoms with E-state index in [0.717, 1.165) is 12.8 Å². The van der Waals surface area contributed by atoms with Crippen LogP contribution in [-0.2, 0) is 10.3 Å². The first kappa shape index (κ1) is 11.9. The monoisotopic (exact) mass is 236 g/mol. The fourth-order valence-corrected chi connectivity index (χ4v) is 1.61. The van der Waals surface area contributed by atoms with Gasteiger partial charge in [-0.05, 0) is 25.8 Å². The standard InChI is InChI=1S/C11H16N4O2/c1-7(16)8(12)9(17)15-11(3-4-11)10-13-5-2-6-14-10/h2,5-8,16H,3-4,12H2,1H3,(H,15,17)/t7-,8+/m1/s1. The molecule has 17 heavy (non-hydrogen) atoms. The van der Waals surface area contributed by atoms with E-state index in [1.165, 1.54) is 6.92 Å². The van der Waals surface area contributed by atoms with Gasteiger partial charge in [-0.1, -0.05) is 0 Å². The number of rotatable bonds is 4. The molecule has 0 radical (unpaired) electrons. The lowest BCUT2D eigenvalue weighted by Gasteiger charge is -2.20. The molecule has 0 aliphatic heterocycles. The van der Waals surface area contributed by atoms with Gasteiger partial charge < -0.3 is 16.2 Å². The average Bonchev–Trinajstić information content (AvgIpc) is 3.10. The van der Waals surface area contributed by atoms with Gasteiger partial charge in [0.05, 0.1) is 11.6 Å². The van der Waals surface area contributed by atoms with E-state index in [1.54, 1.807) is 18.5 Å². The SMILES string of the molecule is C[C@@H](O)[C@H](N)C(=O)NC1(c2ncccn2)CC1. The molecule has 1 aromatic heterocycles. The third kappa shape index (κ3) is 2.42. The summed E-state index contributed by atoms with van der Waals surface area (Å²) < 4.78 is 0. The van der Waals surface area contributed by atoms with Crippen LogP contribution in [0.15, 0.2) is 18.5 Å². The number of amides is 1. The smallest absolute Gasteiger partial charge is 0.240 e. The van der Waals surface area contributed by atoms with E-state index in [1.807, 2.05) is 0 Å². The number of hydrogen-bond donors (Lipinski definition) is 3. The summed E-state index contributed by atoms with van der Waals surface area (Å²) in [6.07, 6.45) is 4.01. The van der Waals surface area contributed by atoms with E-state index in [4.69, 9.17) is 5.73 Å². The van der Waals surface area contributed by atoms with Gasteiger partial charge >= 0.3 is 0 Å². The molecule has 0 spiro atoms. The van der Waals surface area contributed by atoms with Crippen LogP contribution < -0.4 is 11.1 Å². The molecule has 0 unspecified atom stereocenters. The number of carbonyl (C=O) groups excluding carboxylic acids is 1. The van der Waals surface area contributed by atoms with Crippen molar-refractivity contribution in [1.29, 1.82) is 0 Å². The van der Waals surface area contributed by atoms with Crippen LogP contribution in [0.2, 0.25) is 0 Å². The summed E-state index contributed by atoms with van der Waals surface area (Å²) >= 11 is 0. The van der Waals surface area contributed by atoms with E-state index in [9.17, 15) is 9.90 Å². The summed E-state index contributed by atoms with van der Waals surface area (Å²) in [5.41, 5.74) is 5.09. The van der Waals surface area contributed by atoms with Crippen molar-refractivity contribution in [1.82, 2.24) is 15.3 Å². The van der Waals surface area contributed by atoms with Crippen LogP contribution in [0.5, 0.6) is 0 Å². The van der Waals surface area contributed by atoms with Crippen LogP contribution in [0.3, 0.4) is 0 Å². The number of nitrogens with zero attached hydrogens (tertiary/aromatic N) is 2. The van der Waals surface area contributed by atoms with E-state index in [2.05, 4.69) is 15.3 Å². The van der Waals surface area contributed by atoms with Crippen LogP contribution in [-0.4, -0.2) is 33.1 Å². The Labute approximate surface area is 99.3 Å². The number of aliphatic hydroxyl groups is 1. The first-order valence-electron chi connectivity index (χ1n) is 5.58. The molecular formula is C11H16N4O2. The molecule has 1 aliphatic rings. The van der Waals surface area contributed by atoms with Crippen molar-refractivity contribution in [2.45, 2.75) is 37.5 Å². The van der Waals surface area contributed by atoms with Gasteiger partial charge in [0.2, 0.25) is 5.91 Å². The normalized spacial score (nSPS) is 20.4. The molecule has 92 valence electrons. The Morgan fingerprint density at radius 2 is 2.12 bits per heavy atom. The summed E-state index contributed by atoms with van der Waals surface area (Å²) in [5, 5.41) is 12.1. The highest BCUT2D eigenvalue weighted by Gasteiger charge is 2.49. The fourth-order valence-electron chi connectivity index (χ4n) is 1.61. The summed E-state index contributed by atoms with van der Waals surface area (Å²) in [4.78, 5) is 20.0. The molecule has 1 aromatic rings. The molecule has 1 fully saturated rings. The molecule has 0 aromatic carbocycles. The fraction of sp³-hybridized carbons (Fsp3) is 0.545. The van der Waals surface area contributed by atoms with E-state index >= 15 is 0 Å². The molecule has 1 saturated carbocycles. The summed E-state index contributed by atoms with van der Waals surface area (Å²) in [7, 11) is 0. The van der Waals surface area contributed by atoms with Gasteiger partial charge in [0.15, 0.2) is 5.82 Å². The second-order valence-electron chi connectivity index (χ2n) is 4.41. The molecular weight excluding hydrogens is 220 g/mol. The van der Waals surface area contributed by atoms with Crippen molar-refractivity contribution >= 4 is 5.91 Å². The lowest BCUT2D eigenvalue weighted by Crippen LogP contribution is -2.50. The minimum atomic E-state index is -0.920. The zero-order valence-corrected chi connectivity index (χ0v) is 9.63. The Bertz CT molecular complexity index is 403. The highest BCUT2D eigenvalue weighted by atomic mass is 16.3. The highest BCUT2D eigenvalue weighted by Crippen LogP contribution is 2.43. The minimum absolute atomic E-state index is 0.370. The quantitative estimate of drug-likeness (QED) is 0.641. The van der Waals surface area contributed by atoms with Gasteiger partial charge in [-0.2, -0.15) is 0 Å². The van der Waals surface area contributed by atoms with E-state index in [0.29, 0.717) is 5.82 Å². The molecule has 0 bridgehead atoms. The first-order valence-corrected chi connectivity index (χ1v) is 5.58. The predicted molar refractivity (Wildman–Crippen MR) is 60.7 cm³/mol. The van der Waals surface area contributed by atoms with Crippen molar-refractivity contribution < 1.29 is 9.90 Å². The lowest BCUT2D eigenvalue weighted by molar-refractivity contribution is -0.125. The van der Waals surface area contributed by atoms with Crippen molar-refractivity contribution in [3.05, 3.63) is 24.3 Å². The molecule has 6 heteroatoms. The molecule has 1 heterocycles. The third-order valence-corrected chi connectivity index (χ3v) is 2.93. The molecule has 1 amide bonds. The number of aromatic nitrogens is 2. The molecule has 4 N–H and O–H groups in total. The number of nitrogens with two attached hydrogens (primary N) is 1. The molecule has 6 nitrogen and oxygen atoms in total. The van der Waals surface area contributed by atoms with Crippen LogP contribution in [0.25, 0.3) is 0 Å². The Hall–Kier alpha value is -1.53. The Kier molecular flexibility index (Phi) is 3.08. The van der Waals surface area contributed by atoms with Gasteiger partial charge in [0.1, 0.15) is 6.04 Å². The maximum atomic E-state index is 11.8. The number of nitrogens with one attached hydrogen (secondary N) is 1. The van der Waals surface area contributed by atoms with Crippen LogP contribution in [0.4, 0.5) is 0 Å². The lowest BCUT2D eigenvalue weighted by atomic mass is 10.1. The van der Waals surface area contributed by atoms with Crippen LogP contribution in [0.1, 0.15) is 25.6 Å². The Morgan fingerprint density at radius 1 is 1.53 bits per heavy atom. The summed E-state index contributed by atoms with van der Waals surface area (Å²) in [6.45, 7) is 1.49. The number of carbonyl (C=O) groups is 1. The van der Waals surface area contributed by atoms with Crippen LogP contribution >= 0.6 is 0 Å². The minimum Gasteiger partial charge on any atom is -0.391 e. The van der Waals surface area contributed by atoms with Crippen LogP contribution in [0, 0.1) is 0 Å². The van der Waals surface area contributed by atoms with E-state index < -0.39 is 17.7 Å². The first-order chi connectivity index (χ1) is 8.05. The highest BCUT2D eigenvalue weighted by molar-refractivity contribution is 5.83. The Morgan fingerprint density at radius 3 is 2.59 bits per heavy atom. The summed E-state index contributed by atoms with van der Waals surface area (Å²) in [6, 6.07) is 0.805. The van der Waals surface area contributed by atoms with Gasteiger partial charge in [0, 0.05) is 12.4 Å². The van der Waals surface area contributed by atoms with Gasteiger partial charge in [-0.15, -0.1) is 0 Å². The maximum Gasteiger partial charge on any atom is 0.240 e. The van der Waals surface area contributed by atoms with Gasteiger partial charge in [-0.3, -0.25) is 4.79 Å². The zero-order chi connectivity index (χ0) is 12.5. The second kappa shape index (κ2) is 4.38. The Balaban J connectivity index is 2.07. The molecule has 2 atom stereocenters. The molecule has 0 saturated heterocycles. The van der Waals surface area contributed by atoms with Crippen molar-refractivity contribution in [3.63, 3.8) is 0 Å². The third-order valence-electron chi connectivity index (χ3n) is 2.93. The van der Waals surface area contributed by atoms with Crippen molar-refractivity contribution in [2.24, 2.45) is 5.73 Å². The predicted octanol–water partition coefficient (Wildman–Crippen LogP) is -0.710. The van der Waals surface area contributed by atoms with Crippen molar-refractivity contribution in [3.8, 4) is 0 Å². The average molecular weight is 236 g/mol. The number of aliphatic hydroxyl groups excluding tert-OH is 1. The van der Waals surface area contributed by atoms with Gasteiger partial charge in [-0.25, -0.2) is 9.97 Å². The largest absolute Gasteiger partial charge is 0.391 e. The summed E-state index contributed by atoms with van der Waals surface area (Å²) in [5.74, 6) is 0.232. The second-order valence-corrected chi connectivity index (χ2v) is 4.41. The molecule has 2 rings (SSSR count). The van der Waals surface area contributed by atoms with E-state index in [-0.39, 0.29) is 5.91 Å².